The molecular weight excluding hydrogens is 474 g/mol. The minimum absolute atomic E-state index is 0.00216. The van der Waals surface area contributed by atoms with Gasteiger partial charge in [0.2, 0.25) is 11.8 Å². The maximum Gasteiger partial charge on any atom is 0.251 e. The molecule has 5 heterocycles. The van der Waals surface area contributed by atoms with E-state index < -0.39 is 11.6 Å². The number of nitrogens with one attached hydrogen (secondary N) is 2. The third-order valence-corrected chi connectivity index (χ3v) is 9.43. The minimum atomic E-state index is -0.690. The molecule has 1 spiro atoms. The lowest BCUT2D eigenvalue weighted by atomic mass is 9.81. The number of morpholine rings is 1. The number of amides is 3. The van der Waals surface area contributed by atoms with Crippen molar-refractivity contribution in [2.75, 3.05) is 72.7 Å². The van der Waals surface area contributed by atoms with Crippen molar-refractivity contribution in [2.45, 2.75) is 69.1 Å². The molecule has 0 aromatic carbocycles. The molecule has 2 bridgehead atoms. The number of ether oxygens (including phenoxy) is 2. The fourth-order valence-corrected chi connectivity index (χ4v) is 7.07. The van der Waals surface area contributed by atoms with Crippen molar-refractivity contribution in [1.29, 1.82) is 0 Å². The van der Waals surface area contributed by atoms with Crippen molar-refractivity contribution < 1.29 is 23.9 Å². The Labute approximate surface area is 220 Å². The second kappa shape index (κ2) is 12.0. The molecule has 208 valence electrons. The quantitative estimate of drug-likeness (QED) is 0.511. The van der Waals surface area contributed by atoms with Gasteiger partial charge < -0.3 is 34.8 Å². The molecule has 5 aliphatic rings. The molecule has 5 aliphatic heterocycles. The summed E-state index contributed by atoms with van der Waals surface area (Å²) in [7, 11) is 2.13. The predicted molar refractivity (Wildman–Crippen MR) is 138 cm³/mol. The van der Waals surface area contributed by atoms with Crippen molar-refractivity contribution in [1.82, 2.24) is 25.3 Å². The van der Waals surface area contributed by atoms with Crippen LogP contribution in [-0.4, -0.2) is 123 Å². The first-order chi connectivity index (χ1) is 17.9. The summed E-state index contributed by atoms with van der Waals surface area (Å²) in [5.41, 5.74) is -0.591. The molecule has 5 fully saturated rings. The Morgan fingerprint density at radius 2 is 1.68 bits per heavy atom. The summed E-state index contributed by atoms with van der Waals surface area (Å²) in [6.45, 7) is 7.04. The van der Waals surface area contributed by atoms with Crippen LogP contribution in [0.3, 0.4) is 0 Å². The van der Waals surface area contributed by atoms with E-state index in [1.165, 1.54) is 0 Å². The van der Waals surface area contributed by atoms with E-state index in [2.05, 4.69) is 27.5 Å². The van der Waals surface area contributed by atoms with Crippen LogP contribution in [-0.2, 0) is 23.9 Å². The summed E-state index contributed by atoms with van der Waals surface area (Å²) < 4.78 is 11.4. The first kappa shape index (κ1) is 26.8. The zero-order chi connectivity index (χ0) is 25.8. The van der Waals surface area contributed by atoms with Gasteiger partial charge in [0, 0.05) is 64.8 Å². The number of hydrogen-bond acceptors (Lipinski definition) is 7. The van der Waals surface area contributed by atoms with Crippen LogP contribution in [0.4, 0.5) is 0 Å². The second-order valence-corrected chi connectivity index (χ2v) is 11.9. The van der Waals surface area contributed by atoms with Crippen molar-refractivity contribution in [3.8, 4) is 0 Å². The molecule has 5 rings (SSSR count). The number of fused-ring (bicyclic) bond motifs is 3. The predicted octanol–water partition coefficient (Wildman–Crippen LogP) is 0.212. The van der Waals surface area contributed by atoms with E-state index in [4.69, 9.17) is 9.47 Å². The van der Waals surface area contributed by atoms with Crippen LogP contribution in [0.25, 0.3) is 0 Å². The third-order valence-electron chi connectivity index (χ3n) is 9.43. The highest BCUT2D eigenvalue weighted by molar-refractivity contribution is 5.85. The van der Waals surface area contributed by atoms with E-state index in [-0.39, 0.29) is 24.1 Å². The van der Waals surface area contributed by atoms with Crippen molar-refractivity contribution >= 4 is 17.7 Å². The maximum absolute atomic E-state index is 13.5. The number of carbonyl (C=O) groups excluding carboxylic acids is 3. The van der Waals surface area contributed by atoms with Crippen molar-refractivity contribution in [3.05, 3.63) is 0 Å². The zero-order valence-electron chi connectivity index (χ0n) is 22.4. The van der Waals surface area contributed by atoms with Gasteiger partial charge >= 0.3 is 0 Å². The maximum atomic E-state index is 13.5. The number of rotatable bonds is 1. The fraction of sp³-hybridized carbons (Fsp3) is 0.889. The Bertz CT molecular complexity index is 826. The lowest BCUT2D eigenvalue weighted by Gasteiger charge is -2.46. The minimum Gasteiger partial charge on any atom is -0.381 e. The van der Waals surface area contributed by atoms with Crippen LogP contribution in [0.1, 0.15) is 51.4 Å². The SMILES string of the molecule is CN1CC[C@H]2CC(=O)N3CCO[C@@H](C3)C(=O)NC3(CCN(C4CCOCC4)CC3)CC(=O)NCC[C@H]2C1. The number of piperidine rings is 2. The zero-order valence-corrected chi connectivity index (χ0v) is 22.4. The number of carbonyl (C=O) groups is 3. The standard InChI is InChI=1S/C27H45N5O5/c1-30-9-3-20-16-25(34)32-12-15-37-23(19-32)26(35)29-27(17-24(33)28-8-2-21(20)18-30)6-10-31(11-7-27)22-4-13-36-14-5-22/h20-23H,2-19H2,1H3,(H,28,33)(H,29,35)/t20-,21-,23-/m0/s1. The molecule has 0 unspecified atom stereocenters. The van der Waals surface area contributed by atoms with Crippen LogP contribution in [0.15, 0.2) is 0 Å². The molecule has 10 nitrogen and oxygen atoms in total. The van der Waals surface area contributed by atoms with Gasteiger partial charge in [0.1, 0.15) is 0 Å². The fourth-order valence-electron chi connectivity index (χ4n) is 7.07. The molecule has 0 aromatic heterocycles. The summed E-state index contributed by atoms with van der Waals surface area (Å²) >= 11 is 0. The van der Waals surface area contributed by atoms with Crippen LogP contribution < -0.4 is 10.6 Å². The highest BCUT2D eigenvalue weighted by Crippen LogP contribution is 2.31. The Balaban J connectivity index is 1.31. The lowest BCUT2D eigenvalue weighted by Crippen LogP contribution is -2.62. The highest BCUT2D eigenvalue weighted by Gasteiger charge is 2.42. The smallest absolute Gasteiger partial charge is 0.251 e. The molecule has 0 aromatic rings. The average Bonchev–Trinajstić information content (AvgIpc) is 2.90. The Morgan fingerprint density at radius 1 is 0.892 bits per heavy atom. The van der Waals surface area contributed by atoms with Gasteiger partial charge in [-0.25, -0.2) is 0 Å². The van der Waals surface area contributed by atoms with Crippen molar-refractivity contribution in [3.63, 3.8) is 0 Å². The monoisotopic (exact) mass is 519 g/mol. The molecule has 0 saturated carbocycles. The highest BCUT2D eigenvalue weighted by atomic mass is 16.5. The van der Waals surface area contributed by atoms with Gasteiger partial charge in [-0.05, 0) is 64.0 Å². The molecule has 37 heavy (non-hydrogen) atoms. The summed E-state index contributed by atoms with van der Waals surface area (Å²) in [4.78, 5) is 46.6. The molecule has 0 aliphatic carbocycles. The molecule has 2 N–H and O–H groups in total. The Kier molecular flexibility index (Phi) is 8.68. The van der Waals surface area contributed by atoms with E-state index in [0.29, 0.717) is 50.5 Å². The first-order valence-electron chi connectivity index (χ1n) is 14.4. The van der Waals surface area contributed by atoms with Crippen LogP contribution in [0, 0.1) is 11.8 Å². The third kappa shape index (κ3) is 6.64. The number of likely N-dealkylation sites (tertiary alicyclic amines) is 2. The lowest BCUT2D eigenvalue weighted by molar-refractivity contribution is -0.149. The average molecular weight is 520 g/mol. The molecule has 5 saturated heterocycles. The molecular formula is C27H45N5O5. The van der Waals surface area contributed by atoms with Crippen LogP contribution >= 0.6 is 0 Å². The van der Waals surface area contributed by atoms with E-state index >= 15 is 0 Å². The van der Waals surface area contributed by atoms with Crippen molar-refractivity contribution in [2.24, 2.45) is 11.8 Å². The Hall–Kier alpha value is -1.75. The van der Waals surface area contributed by atoms with Gasteiger partial charge in [-0.1, -0.05) is 0 Å². The molecule has 10 heteroatoms. The van der Waals surface area contributed by atoms with Gasteiger partial charge in [0.05, 0.1) is 18.7 Å². The Morgan fingerprint density at radius 3 is 2.46 bits per heavy atom. The molecule has 0 radical (unpaired) electrons. The van der Waals surface area contributed by atoms with Gasteiger partial charge in [0.25, 0.3) is 5.91 Å². The van der Waals surface area contributed by atoms with E-state index in [1.54, 1.807) is 0 Å². The summed E-state index contributed by atoms with van der Waals surface area (Å²) in [5.74, 6) is 0.608. The van der Waals surface area contributed by atoms with Gasteiger partial charge in [-0.2, -0.15) is 0 Å². The molecule has 3 amide bonds. The van der Waals surface area contributed by atoms with Gasteiger partial charge in [-0.15, -0.1) is 0 Å². The normalized spacial score (nSPS) is 33.7. The van der Waals surface area contributed by atoms with Crippen LogP contribution in [0.2, 0.25) is 0 Å². The summed E-state index contributed by atoms with van der Waals surface area (Å²) in [6.07, 6.45) is 5.50. The van der Waals surface area contributed by atoms with E-state index in [1.807, 2.05) is 4.90 Å². The first-order valence-corrected chi connectivity index (χ1v) is 14.4. The summed E-state index contributed by atoms with van der Waals surface area (Å²) in [5, 5.41) is 6.41. The second-order valence-electron chi connectivity index (χ2n) is 11.9. The van der Waals surface area contributed by atoms with Crippen LogP contribution in [0.5, 0.6) is 0 Å². The largest absolute Gasteiger partial charge is 0.381 e. The number of hydrogen-bond donors (Lipinski definition) is 2. The van der Waals surface area contributed by atoms with Gasteiger partial charge in [-0.3, -0.25) is 14.4 Å². The van der Waals surface area contributed by atoms with E-state index in [0.717, 1.165) is 77.9 Å². The molecule has 3 atom stereocenters. The summed E-state index contributed by atoms with van der Waals surface area (Å²) in [6, 6.07) is 0.515. The van der Waals surface area contributed by atoms with E-state index in [9.17, 15) is 14.4 Å². The van der Waals surface area contributed by atoms with Gasteiger partial charge in [0.15, 0.2) is 6.10 Å². The topological polar surface area (TPSA) is 103 Å². The number of nitrogens with zero attached hydrogens (tertiary/aromatic N) is 3.